The summed E-state index contributed by atoms with van der Waals surface area (Å²) in [5, 5.41) is 10.9. The molecule has 1 aliphatic rings. The predicted octanol–water partition coefficient (Wildman–Crippen LogP) is 3.56. The number of thioether (sulfide) groups is 1. The summed E-state index contributed by atoms with van der Waals surface area (Å²) < 4.78 is 15.7. The van der Waals surface area contributed by atoms with Crippen LogP contribution in [-0.4, -0.2) is 41.9 Å². The van der Waals surface area contributed by atoms with Crippen LogP contribution < -0.4 is 14.4 Å². The highest BCUT2D eigenvalue weighted by atomic mass is 32.2. The minimum atomic E-state index is -0.568. The molecule has 0 atom stereocenters. The van der Waals surface area contributed by atoms with E-state index in [0.29, 0.717) is 21.9 Å². The van der Waals surface area contributed by atoms with E-state index in [0.717, 1.165) is 11.8 Å². The fourth-order valence-electron chi connectivity index (χ4n) is 2.71. The average molecular weight is 460 g/mol. The van der Waals surface area contributed by atoms with Gasteiger partial charge in [-0.15, -0.1) is 0 Å². The van der Waals surface area contributed by atoms with Gasteiger partial charge in [-0.3, -0.25) is 19.8 Å². The molecule has 2 aromatic rings. The van der Waals surface area contributed by atoms with E-state index in [1.807, 2.05) is 0 Å². The first-order valence-corrected chi connectivity index (χ1v) is 9.97. The Hall–Kier alpha value is -3.44. The Balaban J connectivity index is 1.92. The van der Waals surface area contributed by atoms with Gasteiger partial charge in [-0.1, -0.05) is 36.1 Å². The zero-order valence-corrected chi connectivity index (χ0v) is 18.0. The lowest BCUT2D eigenvalue weighted by atomic mass is 10.1. The lowest BCUT2D eigenvalue weighted by Gasteiger charge is -2.14. The zero-order chi connectivity index (χ0) is 22.5. The molecule has 160 valence electrons. The minimum Gasteiger partial charge on any atom is -0.493 e. The number of nitrogens with zero attached hydrogens (tertiary/aromatic N) is 2. The van der Waals surface area contributed by atoms with E-state index in [-0.39, 0.29) is 28.3 Å². The number of thiocarbonyl (C=S) groups is 1. The molecule has 3 rings (SSSR count). The van der Waals surface area contributed by atoms with Crippen LogP contribution in [0.2, 0.25) is 0 Å². The van der Waals surface area contributed by atoms with Crippen molar-refractivity contribution >= 4 is 57.6 Å². The fraction of sp³-hybridized carbons (Fsp3) is 0.150. The van der Waals surface area contributed by atoms with Crippen molar-refractivity contribution in [3.8, 4) is 11.5 Å². The number of anilines is 1. The quantitative estimate of drug-likeness (QED) is 0.201. The third-order valence-corrected chi connectivity index (χ3v) is 5.49. The van der Waals surface area contributed by atoms with Crippen molar-refractivity contribution in [3.63, 3.8) is 0 Å². The Morgan fingerprint density at radius 2 is 1.94 bits per heavy atom. The van der Waals surface area contributed by atoms with Gasteiger partial charge in [-0.2, -0.15) is 0 Å². The highest BCUT2D eigenvalue weighted by Gasteiger charge is 2.34. The van der Waals surface area contributed by atoms with Crippen molar-refractivity contribution in [2.75, 3.05) is 25.7 Å². The Kier molecular flexibility index (Phi) is 6.88. The molecule has 1 aliphatic heterocycles. The van der Waals surface area contributed by atoms with E-state index in [1.54, 1.807) is 24.3 Å². The molecule has 0 N–H and O–H groups in total. The highest BCUT2D eigenvalue weighted by molar-refractivity contribution is 8.27. The molecule has 0 aliphatic carbocycles. The standard InChI is InChI=1S/C20H16N2O7S2/c1-27-15-5-3-4-12(18(15)29-11-17(23)28-2)10-16-19(24)21(20(30)31-16)13-6-8-14(9-7-13)22(25)26/h3-10H,11H2,1-2H3/b16-10-. The lowest BCUT2D eigenvalue weighted by molar-refractivity contribution is -0.384. The maximum absolute atomic E-state index is 13.0. The van der Waals surface area contributed by atoms with Gasteiger partial charge in [0.1, 0.15) is 0 Å². The van der Waals surface area contributed by atoms with Crippen LogP contribution in [0.25, 0.3) is 6.08 Å². The fourth-order valence-corrected chi connectivity index (χ4v) is 4.00. The van der Waals surface area contributed by atoms with Crippen molar-refractivity contribution in [2.45, 2.75) is 0 Å². The molecule has 0 radical (unpaired) electrons. The van der Waals surface area contributed by atoms with Crippen molar-refractivity contribution in [3.05, 3.63) is 63.0 Å². The van der Waals surface area contributed by atoms with Gasteiger partial charge in [0.2, 0.25) is 0 Å². The summed E-state index contributed by atoms with van der Waals surface area (Å²) in [6.45, 7) is -0.332. The van der Waals surface area contributed by atoms with E-state index in [4.69, 9.17) is 21.7 Å². The van der Waals surface area contributed by atoms with Gasteiger partial charge in [-0.25, -0.2) is 4.79 Å². The van der Waals surface area contributed by atoms with Crippen LogP contribution >= 0.6 is 24.0 Å². The van der Waals surface area contributed by atoms with Gasteiger partial charge in [0.25, 0.3) is 11.6 Å². The van der Waals surface area contributed by atoms with Gasteiger partial charge >= 0.3 is 5.97 Å². The minimum absolute atomic E-state index is 0.0893. The van der Waals surface area contributed by atoms with Crippen molar-refractivity contribution in [1.29, 1.82) is 0 Å². The summed E-state index contributed by atoms with van der Waals surface area (Å²) in [6, 6.07) is 10.6. The Bertz CT molecular complexity index is 1080. The Labute approximate surface area is 186 Å². The number of ether oxygens (including phenoxy) is 3. The van der Waals surface area contributed by atoms with E-state index in [9.17, 15) is 19.7 Å². The molecule has 1 fully saturated rings. The van der Waals surface area contributed by atoms with Crippen LogP contribution in [0.15, 0.2) is 47.4 Å². The summed E-state index contributed by atoms with van der Waals surface area (Å²) in [4.78, 5) is 36.4. The first-order chi connectivity index (χ1) is 14.8. The zero-order valence-electron chi connectivity index (χ0n) is 16.4. The maximum Gasteiger partial charge on any atom is 0.343 e. The molecule has 0 spiro atoms. The molecule has 0 saturated carbocycles. The number of carbonyl (C=O) groups excluding carboxylic acids is 2. The van der Waals surface area contributed by atoms with Gasteiger partial charge in [0, 0.05) is 17.7 Å². The molecule has 9 nitrogen and oxygen atoms in total. The predicted molar refractivity (Wildman–Crippen MR) is 119 cm³/mol. The summed E-state index contributed by atoms with van der Waals surface area (Å²) in [5.74, 6) is -0.300. The number of nitro benzene ring substituents is 1. The van der Waals surface area contributed by atoms with Crippen molar-refractivity contribution in [2.24, 2.45) is 0 Å². The highest BCUT2D eigenvalue weighted by Crippen LogP contribution is 2.39. The number of hydrogen-bond acceptors (Lipinski definition) is 9. The second kappa shape index (κ2) is 9.58. The molecular formula is C20H16N2O7S2. The number of amides is 1. The summed E-state index contributed by atoms with van der Waals surface area (Å²) in [7, 11) is 2.70. The molecule has 11 heteroatoms. The lowest BCUT2D eigenvalue weighted by Crippen LogP contribution is -2.27. The normalized spacial score (nSPS) is 14.6. The molecule has 0 bridgehead atoms. The molecule has 1 saturated heterocycles. The number of non-ortho nitro benzene ring substituents is 1. The van der Waals surface area contributed by atoms with E-state index in [1.165, 1.54) is 43.4 Å². The van der Waals surface area contributed by atoms with E-state index in [2.05, 4.69) is 4.74 Å². The van der Waals surface area contributed by atoms with Crippen LogP contribution in [0.5, 0.6) is 11.5 Å². The van der Waals surface area contributed by atoms with Crippen LogP contribution in [0.3, 0.4) is 0 Å². The van der Waals surface area contributed by atoms with E-state index >= 15 is 0 Å². The van der Waals surface area contributed by atoms with Crippen LogP contribution in [-0.2, 0) is 14.3 Å². The van der Waals surface area contributed by atoms with Gasteiger partial charge in [0.15, 0.2) is 22.4 Å². The Morgan fingerprint density at radius 3 is 2.55 bits per heavy atom. The number of benzene rings is 2. The molecule has 0 aromatic heterocycles. The van der Waals surface area contributed by atoms with E-state index < -0.39 is 10.9 Å². The van der Waals surface area contributed by atoms with Crippen LogP contribution in [0.1, 0.15) is 5.56 Å². The first-order valence-electron chi connectivity index (χ1n) is 8.74. The number of para-hydroxylation sites is 1. The molecule has 2 aromatic carbocycles. The van der Waals surface area contributed by atoms with Gasteiger partial charge in [-0.05, 0) is 24.3 Å². The SMILES string of the molecule is COC(=O)COc1c(/C=C2\SC(=S)N(c3ccc([N+](=O)[O-])cc3)C2=O)cccc1OC. The number of methoxy groups -OCH3 is 2. The number of rotatable bonds is 7. The molecule has 1 heterocycles. The third-order valence-electron chi connectivity index (χ3n) is 4.19. The molecule has 0 unspecified atom stereocenters. The van der Waals surface area contributed by atoms with Crippen LogP contribution in [0.4, 0.5) is 11.4 Å². The third kappa shape index (κ3) is 4.84. The smallest absolute Gasteiger partial charge is 0.343 e. The average Bonchev–Trinajstić information content (AvgIpc) is 3.05. The van der Waals surface area contributed by atoms with Gasteiger partial charge < -0.3 is 14.2 Å². The number of carbonyl (C=O) groups is 2. The first kappa shape index (κ1) is 22.2. The van der Waals surface area contributed by atoms with Crippen molar-refractivity contribution < 1.29 is 28.7 Å². The van der Waals surface area contributed by atoms with Crippen molar-refractivity contribution in [1.82, 2.24) is 0 Å². The molecule has 1 amide bonds. The Morgan fingerprint density at radius 1 is 1.23 bits per heavy atom. The molecule has 31 heavy (non-hydrogen) atoms. The summed E-state index contributed by atoms with van der Waals surface area (Å²) >= 11 is 6.42. The molecular weight excluding hydrogens is 444 g/mol. The van der Waals surface area contributed by atoms with Gasteiger partial charge in [0.05, 0.1) is 29.7 Å². The second-order valence-electron chi connectivity index (χ2n) is 6.03. The van der Waals surface area contributed by atoms with Crippen LogP contribution in [0, 0.1) is 10.1 Å². The largest absolute Gasteiger partial charge is 0.493 e. The number of nitro groups is 1. The summed E-state index contributed by atoms with van der Waals surface area (Å²) in [5.41, 5.74) is 0.838. The second-order valence-corrected chi connectivity index (χ2v) is 7.71. The monoisotopic (exact) mass is 460 g/mol. The topological polar surface area (TPSA) is 108 Å². The number of esters is 1. The number of hydrogen-bond donors (Lipinski definition) is 0. The summed E-state index contributed by atoms with van der Waals surface area (Å²) in [6.07, 6.45) is 1.58. The maximum atomic E-state index is 13.0.